The van der Waals surface area contributed by atoms with Gasteiger partial charge in [-0.1, -0.05) is 18.2 Å². The number of hydrogen-bond donors (Lipinski definition) is 1. The van der Waals surface area contributed by atoms with Crippen LogP contribution in [0.1, 0.15) is 13.3 Å². The van der Waals surface area contributed by atoms with Crippen LogP contribution in [-0.2, 0) is 0 Å². The van der Waals surface area contributed by atoms with E-state index < -0.39 is 0 Å². The maximum atomic E-state index is 12.6. The van der Waals surface area contributed by atoms with Gasteiger partial charge in [-0.05, 0) is 43.3 Å². The summed E-state index contributed by atoms with van der Waals surface area (Å²) in [5.41, 5.74) is 1.60. The van der Waals surface area contributed by atoms with Crippen molar-refractivity contribution < 1.29 is 14.3 Å². The highest BCUT2D eigenvalue weighted by atomic mass is 16.5. The van der Waals surface area contributed by atoms with E-state index in [1.54, 1.807) is 11.1 Å². The van der Waals surface area contributed by atoms with Crippen LogP contribution in [0.5, 0.6) is 11.5 Å². The normalized spacial score (nSPS) is 16.2. The van der Waals surface area contributed by atoms with Crippen molar-refractivity contribution in [3.8, 4) is 11.5 Å². The smallest absolute Gasteiger partial charge is 0.321 e. The van der Waals surface area contributed by atoms with Gasteiger partial charge in [-0.25, -0.2) is 4.79 Å². The molecule has 1 aliphatic heterocycles. The largest absolute Gasteiger partial charge is 0.494 e. The molecular weight excluding hydrogens is 354 g/mol. The molecule has 3 aromatic rings. The van der Waals surface area contributed by atoms with Crippen molar-refractivity contribution in [2.75, 3.05) is 25.0 Å². The van der Waals surface area contributed by atoms with E-state index in [1.807, 2.05) is 61.5 Å². The first kappa shape index (κ1) is 18.1. The summed E-state index contributed by atoms with van der Waals surface area (Å²) in [7, 11) is 0. The molecule has 1 atom stereocenters. The molecule has 2 amide bonds. The van der Waals surface area contributed by atoms with Crippen LogP contribution in [0.3, 0.4) is 0 Å². The zero-order valence-electron chi connectivity index (χ0n) is 15.8. The topological polar surface area (TPSA) is 63.7 Å². The molecule has 1 saturated heterocycles. The number of benzene rings is 2. The van der Waals surface area contributed by atoms with Crippen LogP contribution in [0.4, 0.5) is 10.5 Å². The van der Waals surface area contributed by atoms with Gasteiger partial charge in [0.1, 0.15) is 23.1 Å². The van der Waals surface area contributed by atoms with Crippen LogP contribution >= 0.6 is 0 Å². The number of likely N-dealkylation sites (tertiary alicyclic amines) is 1. The quantitative estimate of drug-likeness (QED) is 0.719. The van der Waals surface area contributed by atoms with Gasteiger partial charge in [0.2, 0.25) is 0 Å². The van der Waals surface area contributed by atoms with E-state index in [4.69, 9.17) is 9.47 Å². The van der Waals surface area contributed by atoms with Gasteiger partial charge in [-0.3, -0.25) is 4.98 Å². The van der Waals surface area contributed by atoms with Crippen LogP contribution < -0.4 is 14.8 Å². The van der Waals surface area contributed by atoms with E-state index in [2.05, 4.69) is 10.3 Å². The molecular formula is C22H23N3O3. The average Bonchev–Trinajstić information content (AvgIpc) is 3.19. The molecule has 1 unspecified atom stereocenters. The predicted octanol–water partition coefficient (Wildman–Crippen LogP) is 4.32. The molecule has 4 rings (SSSR count). The molecule has 6 heteroatoms. The van der Waals surface area contributed by atoms with Crippen molar-refractivity contribution in [3.05, 3.63) is 60.8 Å². The average molecular weight is 377 g/mol. The number of rotatable bonds is 5. The molecule has 0 spiro atoms. The van der Waals surface area contributed by atoms with E-state index in [0.717, 1.165) is 34.5 Å². The molecule has 0 aliphatic carbocycles. The van der Waals surface area contributed by atoms with Crippen LogP contribution in [0.15, 0.2) is 60.8 Å². The number of carbonyl (C=O) groups excluding carboxylic acids is 1. The SMILES string of the molecule is CCOc1ccc(NC(=O)N2CCC(Oc3cccc4cccnc34)C2)cc1. The number of nitrogens with zero attached hydrogens (tertiary/aromatic N) is 2. The molecule has 1 fully saturated rings. The molecule has 6 nitrogen and oxygen atoms in total. The fourth-order valence-electron chi connectivity index (χ4n) is 3.36. The molecule has 2 aromatic carbocycles. The van der Waals surface area contributed by atoms with Crippen molar-refractivity contribution in [1.82, 2.24) is 9.88 Å². The third-order valence-electron chi connectivity index (χ3n) is 4.74. The number of hydrogen-bond acceptors (Lipinski definition) is 4. The third-order valence-corrected chi connectivity index (χ3v) is 4.74. The Kier molecular flexibility index (Phi) is 5.28. The Labute approximate surface area is 164 Å². The Morgan fingerprint density at radius 2 is 2.00 bits per heavy atom. The van der Waals surface area contributed by atoms with E-state index in [1.165, 1.54) is 0 Å². The number of pyridine rings is 1. The first-order valence-electron chi connectivity index (χ1n) is 9.52. The highest BCUT2D eigenvalue weighted by Crippen LogP contribution is 2.26. The Morgan fingerprint density at radius 3 is 2.82 bits per heavy atom. The molecule has 1 aliphatic rings. The number of carbonyl (C=O) groups is 1. The second-order valence-corrected chi connectivity index (χ2v) is 6.69. The van der Waals surface area contributed by atoms with Gasteiger partial charge in [0.25, 0.3) is 0 Å². The Hall–Kier alpha value is -3.28. The fraction of sp³-hybridized carbons (Fsp3) is 0.273. The maximum absolute atomic E-state index is 12.6. The summed E-state index contributed by atoms with van der Waals surface area (Å²) in [5.74, 6) is 1.55. The number of urea groups is 1. The van der Waals surface area contributed by atoms with E-state index in [9.17, 15) is 4.79 Å². The minimum absolute atomic E-state index is 0.0429. The van der Waals surface area contributed by atoms with Gasteiger partial charge < -0.3 is 19.7 Å². The van der Waals surface area contributed by atoms with Crippen LogP contribution in [-0.4, -0.2) is 41.7 Å². The lowest BCUT2D eigenvalue weighted by Crippen LogP contribution is -2.34. The standard InChI is InChI=1S/C22H23N3O3/c1-2-27-18-10-8-17(9-11-18)24-22(26)25-14-12-19(15-25)28-20-7-3-5-16-6-4-13-23-21(16)20/h3-11,13,19H,2,12,14-15H2,1H3,(H,24,26). The lowest BCUT2D eigenvalue weighted by atomic mass is 10.2. The van der Waals surface area contributed by atoms with Crippen LogP contribution in [0.2, 0.25) is 0 Å². The lowest BCUT2D eigenvalue weighted by molar-refractivity contribution is 0.196. The summed E-state index contributed by atoms with van der Waals surface area (Å²) < 4.78 is 11.6. The summed E-state index contributed by atoms with van der Waals surface area (Å²) in [6, 6.07) is 17.1. The Balaban J connectivity index is 1.36. The second kappa shape index (κ2) is 8.17. The first-order valence-corrected chi connectivity index (χ1v) is 9.52. The number of fused-ring (bicyclic) bond motifs is 1. The highest BCUT2D eigenvalue weighted by Gasteiger charge is 2.28. The zero-order chi connectivity index (χ0) is 19.3. The second-order valence-electron chi connectivity index (χ2n) is 6.69. The van der Waals surface area contributed by atoms with Crippen LogP contribution in [0.25, 0.3) is 10.9 Å². The maximum Gasteiger partial charge on any atom is 0.321 e. The molecule has 1 aromatic heterocycles. The Bertz CT molecular complexity index is 953. The van der Waals surface area contributed by atoms with Crippen molar-refractivity contribution >= 4 is 22.6 Å². The number of ether oxygens (including phenoxy) is 2. The molecule has 2 heterocycles. The lowest BCUT2D eigenvalue weighted by Gasteiger charge is -2.18. The van der Waals surface area contributed by atoms with Gasteiger partial charge in [0.15, 0.2) is 0 Å². The number of anilines is 1. The monoisotopic (exact) mass is 377 g/mol. The summed E-state index contributed by atoms with van der Waals surface area (Å²) in [6.07, 6.45) is 2.51. The van der Waals surface area contributed by atoms with Gasteiger partial charge >= 0.3 is 6.03 Å². The Morgan fingerprint density at radius 1 is 1.18 bits per heavy atom. The summed E-state index contributed by atoms with van der Waals surface area (Å²) in [6.45, 7) is 3.76. The number of nitrogens with one attached hydrogen (secondary N) is 1. The molecule has 0 saturated carbocycles. The molecule has 144 valence electrons. The third kappa shape index (κ3) is 4.01. The fourth-order valence-corrected chi connectivity index (χ4v) is 3.36. The minimum atomic E-state index is -0.119. The van der Waals surface area contributed by atoms with Gasteiger partial charge in [0, 0.05) is 30.2 Å². The molecule has 1 N–H and O–H groups in total. The van der Waals surface area contributed by atoms with E-state index >= 15 is 0 Å². The molecule has 0 bridgehead atoms. The van der Waals surface area contributed by atoms with Crippen LogP contribution in [0, 0.1) is 0 Å². The van der Waals surface area contributed by atoms with Crippen molar-refractivity contribution in [1.29, 1.82) is 0 Å². The molecule has 28 heavy (non-hydrogen) atoms. The summed E-state index contributed by atoms with van der Waals surface area (Å²) in [5, 5.41) is 3.98. The molecule has 0 radical (unpaired) electrons. The zero-order valence-corrected chi connectivity index (χ0v) is 15.8. The minimum Gasteiger partial charge on any atom is -0.494 e. The highest BCUT2D eigenvalue weighted by molar-refractivity contribution is 5.89. The number of para-hydroxylation sites is 1. The van der Waals surface area contributed by atoms with E-state index in [0.29, 0.717) is 19.7 Å². The van der Waals surface area contributed by atoms with Crippen molar-refractivity contribution in [3.63, 3.8) is 0 Å². The van der Waals surface area contributed by atoms with Gasteiger partial charge in [0.05, 0.1) is 13.2 Å². The predicted molar refractivity (Wildman–Crippen MR) is 109 cm³/mol. The van der Waals surface area contributed by atoms with Gasteiger partial charge in [-0.15, -0.1) is 0 Å². The number of aromatic nitrogens is 1. The summed E-state index contributed by atoms with van der Waals surface area (Å²) in [4.78, 5) is 18.8. The van der Waals surface area contributed by atoms with Crippen molar-refractivity contribution in [2.45, 2.75) is 19.4 Å². The summed E-state index contributed by atoms with van der Waals surface area (Å²) >= 11 is 0. The van der Waals surface area contributed by atoms with E-state index in [-0.39, 0.29) is 12.1 Å². The number of amides is 2. The van der Waals surface area contributed by atoms with Gasteiger partial charge in [-0.2, -0.15) is 0 Å². The van der Waals surface area contributed by atoms with Crippen molar-refractivity contribution in [2.24, 2.45) is 0 Å². The first-order chi connectivity index (χ1) is 13.7.